The summed E-state index contributed by atoms with van der Waals surface area (Å²) in [5, 5.41) is 26.4. The van der Waals surface area contributed by atoms with Crippen molar-refractivity contribution in [3.8, 4) is 0 Å². The Morgan fingerprint density at radius 2 is 0.920 bits per heavy atom. The fourth-order valence-electron chi connectivity index (χ4n) is 1.98. The first-order valence-corrected chi connectivity index (χ1v) is 9.48. The van der Waals surface area contributed by atoms with E-state index in [9.17, 15) is 0 Å². The number of aliphatic hydroxyl groups is 3. The van der Waals surface area contributed by atoms with Crippen LogP contribution in [-0.2, 0) is 14.2 Å². The molecule has 3 fully saturated rings. The molecule has 3 aliphatic heterocycles. The Kier molecular flexibility index (Phi) is 14.7. The second-order valence-electron chi connectivity index (χ2n) is 7.65. The number of aliphatic hydroxyl groups excluding tert-OH is 3. The topological polar surface area (TPSA) is 88.4 Å². The van der Waals surface area contributed by atoms with E-state index < -0.39 is 5.41 Å². The highest BCUT2D eigenvalue weighted by atomic mass is 16.5. The Morgan fingerprint density at radius 1 is 0.680 bits per heavy atom. The summed E-state index contributed by atoms with van der Waals surface area (Å²) in [4.78, 5) is 0. The van der Waals surface area contributed by atoms with E-state index in [2.05, 4.69) is 20.8 Å². The molecule has 3 aliphatic rings. The van der Waals surface area contributed by atoms with Gasteiger partial charge in [0.2, 0.25) is 0 Å². The van der Waals surface area contributed by atoms with Crippen molar-refractivity contribution in [3.05, 3.63) is 0 Å². The predicted octanol–water partition coefficient (Wildman–Crippen LogP) is 1.71. The fourth-order valence-corrected chi connectivity index (χ4v) is 1.98. The molecule has 0 atom stereocenters. The molecule has 0 aromatic heterocycles. The van der Waals surface area contributed by atoms with Crippen molar-refractivity contribution in [2.75, 3.05) is 59.5 Å². The van der Waals surface area contributed by atoms with Crippen molar-refractivity contribution in [2.24, 2.45) is 23.2 Å². The molecule has 152 valence electrons. The summed E-state index contributed by atoms with van der Waals surface area (Å²) in [6, 6.07) is 0. The van der Waals surface area contributed by atoms with Crippen LogP contribution in [0.25, 0.3) is 0 Å². The van der Waals surface area contributed by atoms with Gasteiger partial charge in [-0.15, -0.1) is 0 Å². The molecule has 0 aliphatic carbocycles. The Bertz CT molecular complexity index is 247. The minimum absolute atomic E-state index is 0.145. The van der Waals surface area contributed by atoms with Crippen LogP contribution in [0, 0.1) is 23.2 Å². The van der Waals surface area contributed by atoms with Crippen molar-refractivity contribution in [2.45, 2.75) is 40.5 Å². The molecule has 25 heavy (non-hydrogen) atoms. The molecule has 3 saturated heterocycles. The molecule has 0 amide bonds. The minimum atomic E-state index is -0.658. The van der Waals surface area contributed by atoms with Gasteiger partial charge < -0.3 is 29.5 Å². The molecule has 6 heteroatoms. The van der Waals surface area contributed by atoms with Crippen molar-refractivity contribution in [3.63, 3.8) is 0 Å². The van der Waals surface area contributed by atoms with Gasteiger partial charge in [-0.1, -0.05) is 34.1 Å². The highest BCUT2D eigenvalue weighted by Gasteiger charge is 2.26. The number of hydrogen-bond acceptors (Lipinski definition) is 6. The predicted molar refractivity (Wildman–Crippen MR) is 98.5 cm³/mol. The normalized spacial score (nSPS) is 20.3. The van der Waals surface area contributed by atoms with Gasteiger partial charge in [-0.2, -0.15) is 0 Å². The standard InChI is InChI=1S/C7H16O3.3C4H8O/c1-2-3-7(4-8,5-9)6-10;3*1-4-2-5-3-4/h8-10H,2-6H2,1H3;3*4H,2-3H2,1H3. The van der Waals surface area contributed by atoms with Crippen molar-refractivity contribution < 1.29 is 29.5 Å². The third-order valence-corrected chi connectivity index (χ3v) is 4.20. The number of hydrogen-bond donors (Lipinski definition) is 3. The second kappa shape index (κ2) is 14.9. The van der Waals surface area contributed by atoms with Crippen LogP contribution in [0.3, 0.4) is 0 Å². The monoisotopic (exact) mass is 364 g/mol. The van der Waals surface area contributed by atoms with Crippen LogP contribution >= 0.6 is 0 Å². The molecule has 0 aromatic rings. The Morgan fingerprint density at radius 3 is 0.960 bits per heavy atom. The lowest BCUT2D eigenvalue weighted by Gasteiger charge is -2.26. The van der Waals surface area contributed by atoms with Crippen LogP contribution in [-0.4, -0.2) is 74.8 Å². The fraction of sp³-hybridized carbons (Fsp3) is 1.00. The zero-order valence-electron chi connectivity index (χ0n) is 16.6. The first-order valence-electron chi connectivity index (χ1n) is 9.48. The smallest absolute Gasteiger partial charge is 0.0531 e. The molecular weight excluding hydrogens is 324 g/mol. The van der Waals surface area contributed by atoms with Crippen LogP contribution in [0.4, 0.5) is 0 Å². The number of rotatable bonds is 5. The van der Waals surface area contributed by atoms with E-state index in [0.29, 0.717) is 6.42 Å². The van der Waals surface area contributed by atoms with Crippen LogP contribution in [0.15, 0.2) is 0 Å². The molecule has 3 rings (SSSR count). The number of ether oxygens (including phenoxy) is 3. The van der Waals surface area contributed by atoms with Gasteiger partial charge in [0.05, 0.1) is 59.5 Å². The Labute approximate surface area is 153 Å². The largest absolute Gasteiger partial charge is 0.396 e. The maximum Gasteiger partial charge on any atom is 0.0531 e. The first-order chi connectivity index (χ1) is 11.9. The summed E-state index contributed by atoms with van der Waals surface area (Å²) >= 11 is 0. The first kappa shape index (κ1) is 24.8. The lowest BCUT2D eigenvalue weighted by atomic mass is 9.86. The summed E-state index contributed by atoms with van der Waals surface area (Å²) in [5.41, 5.74) is -0.658. The van der Waals surface area contributed by atoms with Gasteiger partial charge in [0, 0.05) is 23.2 Å². The Hall–Kier alpha value is -0.240. The van der Waals surface area contributed by atoms with E-state index in [1.54, 1.807) is 0 Å². The average molecular weight is 365 g/mol. The van der Waals surface area contributed by atoms with Crippen molar-refractivity contribution in [1.29, 1.82) is 0 Å². The minimum Gasteiger partial charge on any atom is -0.396 e. The summed E-state index contributed by atoms with van der Waals surface area (Å²) in [5.74, 6) is 2.53. The summed E-state index contributed by atoms with van der Waals surface area (Å²) in [7, 11) is 0. The third-order valence-electron chi connectivity index (χ3n) is 4.20. The molecule has 0 spiro atoms. The molecule has 0 unspecified atom stereocenters. The summed E-state index contributed by atoms with van der Waals surface area (Å²) < 4.78 is 14.5. The Balaban J connectivity index is 0.000000324. The van der Waals surface area contributed by atoms with E-state index in [1.807, 2.05) is 6.92 Å². The quantitative estimate of drug-likeness (QED) is 0.688. The molecule has 6 nitrogen and oxygen atoms in total. The van der Waals surface area contributed by atoms with Gasteiger partial charge in [0.1, 0.15) is 0 Å². The maximum absolute atomic E-state index is 8.79. The van der Waals surface area contributed by atoms with Crippen LogP contribution in [0.2, 0.25) is 0 Å². The van der Waals surface area contributed by atoms with E-state index >= 15 is 0 Å². The SMILES string of the molecule is CC1COC1.CC1COC1.CC1COC1.CCCC(CO)(CO)CO. The van der Waals surface area contributed by atoms with Crippen LogP contribution < -0.4 is 0 Å². The molecule has 0 aromatic carbocycles. The van der Waals surface area contributed by atoms with Crippen molar-refractivity contribution >= 4 is 0 Å². The highest BCUT2D eigenvalue weighted by Crippen LogP contribution is 2.21. The lowest BCUT2D eigenvalue weighted by molar-refractivity contribution is -0.0221. The average Bonchev–Trinajstić information content (AvgIpc) is 2.56. The van der Waals surface area contributed by atoms with E-state index in [0.717, 1.165) is 63.8 Å². The molecular formula is C19H40O6. The zero-order valence-corrected chi connectivity index (χ0v) is 16.6. The molecule has 3 heterocycles. The van der Waals surface area contributed by atoms with Gasteiger partial charge in [-0.3, -0.25) is 0 Å². The van der Waals surface area contributed by atoms with Gasteiger partial charge in [0.25, 0.3) is 0 Å². The van der Waals surface area contributed by atoms with Gasteiger partial charge in [0.15, 0.2) is 0 Å². The third kappa shape index (κ3) is 11.9. The summed E-state index contributed by atoms with van der Waals surface area (Å²) in [6.45, 7) is 14.0. The van der Waals surface area contributed by atoms with Crippen LogP contribution in [0.1, 0.15) is 40.5 Å². The van der Waals surface area contributed by atoms with Gasteiger partial charge in [-0.05, 0) is 6.42 Å². The van der Waals surface area contributed by atoms with Crippen molar-refractivity contribution in [1.82, 2.24) is 0 Å². The summed E-state index contributed by atoms with van der Waals surface area (Å²) in [6.07, 6.45) is 1.53. The molecule has 0 radical (unpaired) electrons. The maximum atomic E-state index is 8.79. The van der Waals surface area contributed by atoms with Gasteiger partial charge in [-0.25, -0.2) is 0 Å². The van der Waals surface area contributed by atoms with E-state index in [4.69, 9.17) is 29.5 Å². The molecule has 0 saturated carbocycles. The lowest BCUT2D eigenvalue weighted by Crippen LogP contribution is -2.33. The molecule has 3 N–H and O–H groups in total. The van der Waals surface area contributed by atoms with Gasteiger partial charge >= 0.3 is 0 Å². The highest BCUT2D eigenvalue weighted by molar-refractivity contribution is 4.75. The molecule has 0 bridgehead atoms. The van der Waals surface area contributed by atoms with E-state index in [1.165, 1.54) is 0 Å². The van der Waals surface area contributed by atoms with Crippen LogP contribution in [0.5, 0.6) is 0 Å². The van der Waals surface area contributed by atoms with E-state index in [-0.39, 0.29) is 19.8 Å². The zero-order chi connectivity index (χ0) is 19.1. The second-order valence-corrected chi connectivity index (χ2v) is 7.65.